The van der Waals surface area contributed by atoms with Gasteiger partial charge in [0.25, 0.3) is 0 Å². The molecule has 0 radical (unpaired) electrons. The second-order valence-electron chi connectivity index (χ2n) is 5.26. The van der Waals surface area contributed by atoms with Gasteiger partial charge in [-0.15, -0.1) is 0 Å². The summed E-state index contributed by atoms with van der Waals surface area (Å²) in [6, 6.07) is 3.70. The summed E-state index contributed by atoms with van der Waals surface area (Å²) >= 11 is 0. The molecule has 0 aromatic heterocycles. The van der Waals surface area contributed by atoms with E-state index in [-0.39, 0.29) is 17.6 Å². The lowest BCUT2D eigenvalue weighted by Gasteiger charge is -2.25. The maximum Gasteiger partial charge on any atom is 0.126 e. The first-order valence-corrected chi connectivity index (χ1v) is 6.87. The van der Waals surface area contributed by atoms with Crippen molar-refractivity contribution in [3.63, 3.8) is 0 Å². The summed E-state index contributed by atoms with van der Waals surface area (Å²) in [7, 11) is 0. The minimum atomic E-state index is -0.376. The predicted molar refractivity (Wildman–Crippen MR) is 69.3 cm³/mol. The van der Waals surface area contributed by atoms with Crippen LogP contribution in [0.5, 0.6) is 0 Å². The first-order valence-electron chi connectivity index (χ1n) is 6.87. The second-order valence-corrected chi connectivity index (χ2v) is 5.26. The second kappa shape index (κ2) is 6.28. The number of rotatable bonds is 3. The topological polar surface area (TPSA) is 26.0 Å². The molecule has 3 heteroatoms. The first kappa shape index (κ1) is 13.5. The van der Waals surface area contributed by atoms with Crippen LogP contribution < -0.4 is 5.73 Å². The molecule has 2 rings (SSSR count). The Morgan fingerprint density at radius 2 is 1.78 bits per heavy atom. The predicted octanol–water partition coefficient (Wildman–Crippen LogP) is 3.98. The number of nitrogens with two attached hydrogens (primary N) is 1. The molecule has 0 aliphatic heterocycles. The Balaban J connectivity index is 2.23. The van der Waals surface area contributed by atoms with Gasteiger partial charge in [0.15, 0.2) is 0 Å². The molecule has 0 bridgehead atoms. The highest BCUT2D eigenvalue weighted by Gasteiger charge is 2.25. The maximum absolute atomic E-state index is 13.8. The summed E-state index contributed by atoms with van der Waals surface area (Å²) < 4.78 is 27.1. The third-order valence-corrected chi connectivity index (χ3v) is 4.08. The van der Waals surface area contributed by atoms with E-state index in [0.717, 1.165) is 12.8 Å². The molecule has 18 heavy (non-hydrogen) atoms. The van der Waals surface area contributed by atoms with Crippen LogP contribution in [0.25, 0.3) is 0 Å². The monoisotopic (exact) mass is 253 g/mol. The zero-order valence-electron chi connectivity index (χ0n) is 10.7. The average Bonchev–Trinajstić information content (AvgIpc) is 2.64. The maximum atomic E-state index is 13.8. The van der Waals surface area contributed by atoms with Crippen LogP contribution in [0.15, 0.2) is 18.2 Å². The quantitative estimate of drug-likeness (QED) is 0.810. The van der Waals surface area contributed by atoms with Crippen molar-refractivity contribution in [2.75, 3.05) is 6.54 Å². The number of hydrogen-bond acceptors (Lipinski definition) is 1. The molecule has 1 aromatic carbocycles. The van der Waals surface area contributed by atoms with Crippen LogP contribution in [0.2, 0.25) is 0 Å². The Morgan fingerprint density at radius 3 is 2.39 bits per heavy atom. The van der Waals surface area contributed by atoms with E-state index in [0.29, 0.717) is 18.0 Å². The molecule has 1 unspecified atom stereocenters. The Morgan fingerprint density at radius 1 is 1.11 bits per heavy atom. The molecular weight excluding hydrogens is 232 g/mol. The minimum absolute atomic E-state index is 0.0428. The lowest BCUT2D eigenvalue weighted by molar-refractivity contribution is 0.370. The van der Waals surface area contributed by atoms with E-state index in [1.165, 1.54) is 43.9 Å². The molecule has 0 saturated heterocycles. The van der Waals surface area contributed by atoms with Gasteiger partial charge in [-0.25, -0.2) is 8.78 Å². The van der Waals surface area contributed by atoms with Crippen molar-refractivity contribution >= 4 is 0 Å². The Kier molecular flexibility index (Phi) is 4.70. The molecule has 1 saturated carbocycles. The van der Waals surface area contributed by atoms with Gasteiger partial charge >= 0.3 is 0 Å². The molecule has 1 aliphatic carbocycles. The SMILES string of the molecule is NCC(c1cc(F)ccc1F)C1CCCCCC1. The highest BCUT2D eigenvalue weighted by atomic mass is 19.1. The van der Waals surface area contributed by atoms with E-state index >= 15 is 0 Å². The molecule has 1 fully saturated rings. The van der Waals surface area contributed by atoms with E-state index in [9.17, 15) is 8.78 Å². The van der Waals surface area contributed by atoms with Crippen LogP contribution in [-0.4, -0.2) is 6.54 Å². The van der Waals surface area contributed by atoms with Crippen molar-refractivity contribution in [3.05, 3.63) is 35.4 Å². The van der Waals surface area contributed by atoms with Gasteiger partial charge in [-0.05, 0) is 49.1 Å². The molecular formula is C15H21F2N. The standard InChI is InChI=1S/C15H21F2N/c16-12-7-8-15(17)13(9-12)14(10-18)11-5-3-1-2-4-6-11/h7-9,11,14H,1-6,10,18H2. The molecule has 2 N–H and O–H groups in total. The molecule has 0 amide bonds. The van der Waals surface area contributed by atoms with Crippen molar-refractivity contribution in [3.8, 4) is 0 Å². The average molecular weight is 253 g/mol. The Labute approximate surface area is 107 Å². The van der Waals surface area contributed by atoms with Crippen molar-refractivity contribution in [2.24, 2.45) is 11.7 Å². The van der Waals surface area contributed by atoms with Gasteiger partial charge in [0.1, 0.15) is 11.6 Å². The summed E-state index contributed by atoms with van der Waals surface area (Å²) in [5.74, 6) is -0.345. The normalized spacial score (nSPS) is 19.5. The van der Waals surface area contributed by atoms with Gasteiger partial charge in [-0.3, -0.25) is 0 Å². The third kappa shape index (κ3) is 3.08. The largest absolute Gasteiger partial charge is 0.330 e. The molecule has 1 aliphatic rings. The van der Waals surface area contributed by atoms with E-state index in [1.807, 2.05) is 0 Å². The molecule has 100 valence electrons. The van der Waals surface area contributed by atoms with Gasteiger partial charge < -0.3 is 5.73 Å². The third-order valence-electron chi connectivity index (χ3n) is 4.08. The van der Waals surface area contributed by atoms with Crippen LogP contribution in [-0.2, 0) is 0 Å². The first-order chi connectivity index (χ1) is 8.72. The lowest BCUT2D eigenvalue weighted by atomic mass is 9.81. The molecule has 0 spiro atoms. The van der Waals surface area contributed by atoms with Crippen molar-refractivity contribution in [2.45, 2.75) is 44.4 Å². The highest BCUT2D eigenvalue weighted by molar-refractivity contribution is 5.24. The lowest BCUT2D eigenvalue weighted by Crippen LogP contribution is -2.22. The fourth-order valence-electron chi connectivity index (χ4n) is 3.09. The van der Waals surface area contributed by atoms with E-state index in [1.54, 1.807) is 0 Å². The van der Waals surface area contributed by atoms with Crippen LogP contribution in [0.3, 0.4) is 0 Å². The van der Waals surface area contributed by atoms with Gasteiger partial charge in [-0.2, -0.15) is 0 Å². The van der Waals surface area contributed by atoms with Gasteiger partial charge in [0, 0.05) is 5.92 Å². The number of halogens is 2. The summed E-state index contributed by atoms with van der Waals surface area (Å²) in [4.78, 5) is 0. The van der Waals surface area contributed by atoms with Gasteiger partial charge in [0.2, 0.25) is 0 Å². The van der Waals surface area contributed by atoms with Crippen LogP contribution in [0, 0.1) is 17.6 Å². The van der Waals surface area contributed by atoms with Crippen molar-refractivity contribution in [1.29, 1.82) is 0 Å². The minimum Gasteiger partial charge on any atom is -0.330 e. The van der Waals surface area contributed by atoms with Crippen molar-refractivity contribution in [1.82, 2.24) is 0 Å². The van der Waals surface area contributed by atoms with E-state index in [4.69, 9.17) is 5.73 Å². The smallest absolute Gasteiger partial charge is 0.126 e. The van der Waals surface area contributed by atoms with Gasteiger partial charge in [-0.1, -0.05) is 25.7 Å². The molecule has 0 heterocycles. The Bertz CT molecular complexity index is 384. The van der Waals surface area contributed by atoms with E-state index in [2.05, 4.69) is 0 Å². The van der Waals surface area contributed by atoms with Crippen LogP contribution in [0.4, 0.5) is 8.78 Å². The van der Waals surface area contributed by atoms with Crippen LogP contribution >= 0.6 is 0 Å². The highest BCUT2D eigenvalue weighted by Crippen LogP contribution is 2.35. The summed E-state index contributed by atoms with van der Waals surface area (Å²) in [6.45, 7) is 0.394. The number of hydrogen-bond donors (Lipinski definition) is 1. The fraction of sp³-hybridized carbons (Fsp3) is 0.600. The zero-order chi connectivity index (χ0) is 13.0. The van der Waals surface area contributed by atoms with Gasteiger partial charge in [0.05, 0.1) is 0 Å². The molecule has 1 atom stereocenters. The summed E-state index contributed by atoms with van der Waals surface area (Å²) in [5.41, 5.74) is 6.28. The summed E-state index contributed by atoms with van der Waals surface area (Å²) in [6.07, 6.45) is 7.02. The Hall–Kier alpha value is -0.960. The molecule has 1 aromatic rings. The zero-order valence-corrected chi connectivity index (χ0v) is 10.7. The summed E-state index contributed by atoms with van der Waals surface area (Å²) in [5, 5.41) is 0. The number of benzene rings is 1. The molecule has 1 nitrogen and oxygen atoms in total. The van der Waals surface area contributed by atoms with E-state index < -0.39 is 0 Å². The van der Waals surface area contributed by atoms with Crippen molar-refractivity contribution < 1.29 is 8.78 Å². The fourth-order valence-corrected chi connectivity index (χ4v) is 3.09. The van der Waals surface area contributed by atoms with Crippen LogP contribution in [0.1, 0.15) is 50.0 Å².